The molecule has 0 bridgehead atoms. The number of hydrogen-bond donors (Lipinski definition) is 1. The van der Waals surface area contributed by atoms with E-state index in [0.717, 1.165) is 0 Å². The molecule has 1 N–H and O–H groups in total. The largest absolute Gasteiger partial charge is 0.423 e. The van der Waals surface area contributed by atoms with Crippen LogP contribution in [0.15, 0.2) is 36.4 Å². The molecule has 0 aromatic heterocycles. The molecule has 1 saturated heterocycles. The van der Waals surface area contributed by atoms with Gasteiger partial charge in [0.25, 0.3) is 0 Å². The third-order valence-electron chi connectivity index (χ3n) is 5.47. The van der Waals surface area contributed by atoms with Crippen LogP contribution in [0.3, 0.4) is 0 Å². The molecule has 3 rings (SSSR count). The summed E-state index contributed by atoms with van der Waals surface area (Å²) in [6.07, 6.45) is 0.952. The number of anilines is 1. The Morgan fingerprint density at radius 3 is 1.82 bits per heavy atom. The third-order valence-corrected chi connectivity index (χ3v) is 5.47. The lowest BCUT2D eigenvalue weighted by molar-refractivity contribution is -0.136. The van der Waals surface area contributed by atoms with Gasteiger partial charge in [-0.2, -0.15) is 0 Å². The van der Waals surface area contributed by atoms with Crippen LogP contribution in [0.5, 0.6) is 23.0 Å². The Morgan fingerprint density at radius 2 is 1.26 bits per heavy atom. The molecule has 1 heterocycles. The highest BCUT2D eigenvalue weighted by molar-refractivity contribution is 5.98. The Bertz CT molecular complexity index is 1220. The van der Waals surface area contributed by atoms with Gasteiger partial charge in [-0.15, -0.1) is 0 Å². The number of carbonyl (C=O) groups is 6. The van der Waals surface area contributed by atoms with Crippen molar-refractivity contribution in [2.75, 3.05) is 11.9 Å². The summed E-state index contributed by atoms with van der Waals surface area (Å²) in [4.78, 5) is 73.3. The minimum absolute atomic E-state index is 0.000464. The first-order valence-corrected chi connectivity index (χ1v) is 12.0. The summed E-state index contributed by atoms with van der Waals surface area (Å²) in [6.45, 7) is 5.15. The van der Waals surface area contributed by atoms with Crippen LogP contribution in [0.2, 0.25) is 0 Å². The second kappa shape index (κ2) is 12.7. The van der Waals surface area contributed by atoms with E-state index in [-0.39, 0.29) is 41.0 Å². The number of carbonyl (C=O) groups excluding carboxylic acids is 6. The highest BCUT2D eigenvalue weighted by Gasteiger charge is 2.34. The van der Waals surface area contributed by atoms with Crippen molar-refractivity contribution in [3.63, 3.8) is 0 Å². The molecule has 0 radical (unpaired) electrons. The monoisotopic (exact) mass is 540 g/mol. The molecule has 1 atom stereocenters. The minimum Gasteiger partial charge on any atom is -0.423 e. The van der Waals surface area contributed by atoms with E-state index in [1.165, 1.54) is 62.9 Å². The molecule has 1 aliphatic heterocycles. The number of ether oxygens (including phenoxy) is 4. The molecule has 2 amide bonds. The minimum atomic E-state index is -0.754. The zero-order chi connectivity index (χ0) is 28.7. The summed E-state index contributed by atoms with van der Waals surface area (Å²) in [6, 6.07) is 7.88. The third kappa shape index (κ3) is 8.12. The Hall–Kier alpha value is -4.74. The zero-order valence-electron chi connectivity index (χ0n) is 21.9. The number of nitrogens with one attached hydrogen (secondary N) is 1. The predicted octanol–water partition coefficient (Wildman–Crippen LogP) is 2.56. The topological polar surface area (TPSA) is 155 Å². The number of nitrogens with zero attached hydrogens (tertiary/aromatic N) is 1. The molecule has 206 valence electrons. The van der Waals surface area contributed by atoms with Crippen molar-refractivity contribution >= 4 is 41.4 Å². The van der Waals surface area contributed by atoms with Crippen molar-refractivity contribution < 1.29 is 47.7 Å². The molecule has 1 aliphatic rings. The maximum Gasteiger partial charge on any atom is 0.308 e. The number of benzene rings is 2. The fraction of sp³-hybridized carbons (Fsp3) is 0.333. The molecule has 2 aromatic carbocycles. The standard InChI is InChI=1S/C27H28N2O10/c1-15(30)36-22-9-7-19(12-24(22)38-17(3)32)13-26(34)29-11-5-6-21(29)27(35)28-20-8-10-23(37-16(2)31)25(14-20)39-18(4)33/h7-10,12,14,21H,5-6,11,13H2,1-4H3,(H,28,35). The van der Waals surface area contributed by atoms with E-state index in [9.17, 15) is 28.8 Å². The van der Waals surface area contributed by atoms with Crippen molar-refractivity contribution in [1.29, 1.82) is 0 Å². The van der Waals surface area contributed by atoms with Crippen molar-refractivity contribution in [2.24, 2.45) is 0 Å². The van der Waals surface area contributed by atoms with Crippen LogP contribution in [-0.2, 0) is 35.2 Å². The molecular weight excluding hydrogens is 512 g/mol. The van der Waals surface area contributed by atoms with E-state index < -0.39 is 35.8 Å². The molecule has 12 nitrogen and oxygen atoms in total. The van der Waals surface area contributed by atoms with Gasteiger partial charge >= 0.3 is 23.9 Å². The first-order chi connectivity index (χ1) is 18.4. The van der Waals surface area contributed by atoms with Gasteiger partial charge in [-0.05, 0) is 42.7 Å². The van der Waals surface area contributed by atoms with E-state index in [1.54, 1.807) is 6.07 Å². The van der Waals surface area contributed by atoms with Crippen molar-refractivity contribution in [1.82, 2.24) is 4.90 Å². The summed E-state index contributed by atoms with van der Waals surface area (Å²) >= 11 is 0. The fourth-order valence-corrected chi connectivity index (χ4v) is 4.04. The summed E-state index contributed by atoms with van der Waals surface area (Å²) < 4.78 is 20.3. The van der Waals surface area contributed by atoms with E-state index in [1.807, 2.05) is 0 Å². The van der Waals surface area contributed by atoms with Gasteiger partial charge < -0.3 is 29.2 Å². The van der Waals surface area contributed by atoms with Crippen LogP contribution in [0, 0.1) is 0 Å². The maximum absolute atomic E-state index is 13.1. The average Bonchev–Trinajstić information content (AvgIpc) is 3.32. The molecule has 1 unspecified atom stereocenters. The molecule has 0 spiro atoms. The van der Waals surface area contributed by atoms with E-state index in [2.05, 4.69) is 5.32 Å². The van der Waals surface area contributed by atoms with E-state index in [0.29, 0.717) is 24.9 Å². The van der Waals surface area contributed by atoms with Gasteiger partial charge in [0.05, 0.1) is 6.42 Å². The van der Waals surface area contributed by atoms with Crippen LogP contribution in [0.1, 0.15) is 46.1 Å². The Balaban J connectivity index is 1.74. The Labute approximate surface area is 224 Å². The van der Waals surface area contributed by atoms with Crippen LogP contribution in [0.25, 0.3) is 0 Å². The lowest BCUT2D eigenvalue weighted by Gasteiger charge is -2.24. The molecular formula is C27H28N2O10. The fourth-order valence-electron chi connectivity index (χ4n) is 4.04. The molecule has 12 heteroatoms. The van der Waals surface area contributed by atoms with E-state index in [4.69, 9.17) is 18.9 Å². The molecule has 0 saturated carbocycles. The van der Waals surface area contributed by atoms with Crippen molar-refractivity contribution in [3.8, 4) is 23.0 Å². The van der Waals surface area contributed by atoms with Crippen LogP contribution in [0.4, 0.5) is 5.69 Å². The number of esters is 4. The summed E-state index contributed by atoms with van der Waals surface area (Å²) in [5, 5.41) is 2.71. The molecule has 0 aliphatic carbocycles. The summed E-state index contributed by atoms with van der Waals surface area (Å²) in [7, 11) is 0. The summed E-state index contributed by atoms with van der Waals surface area (Å²) in [5.41, 5.74) is 0.767. The maximum atomic E-state index is 13.1. The first kappa shape index (κ1) is 28.8. The zero-order valence-corrected chi connectivity index (χ0v) is 21.9. The smallest absolute Gasteiger partial charge is 0.308 e. The van der Waals surface area contributed by atoms with Gasteiger partial charge in [0.15, 0.2) is 23.0 Å². The average molecular weight is 541 g/mol. The number of hydrogen-bond acceptors (Lipinski definition) is 10. The van der Waals surface area contributed by atoms with Crippen LogP contribution in [-0.4, -0.2) is 53.2 Å². The second-order valence-corrected chi connectivity index (χ2v) is 8.73. The van der Waals surface area contributed by atoms with Gasteiger partial charge in [-0.3, -0.25) is 28.8 Å². The highest BCUT2D eigenvalue weighted by Crippen LogP contribution is 2.32. The molecule has 1 fully saturated rings. The quantitative estimate of drug-likeness (QED) is 0.390. The summed E-state index contributed by atoms with van der Waals surface area (Å²) in [5.74, 6) is -3.23. The van der Waals surface area contributed by atoms with Gasteiger partial charge in [0.1, 0.15) is 6.04 Å². The van der Waals surface area contributed by atoms with Gasteiger partial charge in [0.2, 0.25) is 11.8 Å². The number of rotatable bonds is 8. The lowest BCUT2D eigenvalue weighted by Crippen LogP contribution is -2.43. The second-order valence-electron chi connectivity index (χ2n) is 8.73. The number of amides is 2. The van der Waals surface area contributed by atoms with Gasteiger partial charge in [-0.1, -0.05) is 6.07 Å². The highest BCUT2D eigenvalue weighted by atomic mass is 16.6. The van der Waals surface area contributed by atoms with Crippen LogP contribution >= 0.6 is 0 Å². The molecule has 2 aromatic rings. The normalized spacial score (nSPS) is 14.3. The first-order valence-electron chi connectivity index (χ1n) is 12.0. The predicted molar refractivity (Wildman–Crippen MR) is 135 cm³/mol. The van der Waals surface area contributed by atoms with Gasteiger partial charge in [-0.25, -0.2) is 0 Å². The Morgan fingerprint density at radius 1 is 0.744 bits per heavy atom. The lowest BCUT2D eigenvalue weighted by atomic mass is 10.1. The van der Waals surface area contributed by atoms with Crippen molar-refractivity contribution in [2.45, 2.75) is 53.0 Å². The number of likely N-dealkylation sites (tertiary alicyclic amines) is 1. The Kier molecular flexibility index (Phi) is 9.37. The van der Waals surface area contributed by atoms with Gasteiger partial charge in [0, 0.05) is 46.0 Å². The SMILES string of the molecule is CC(=O)Oc1ccc(CC(=O)N2CCCC2C(=O)Nc2ccc(OC(C)=O)c(OC(C)=O)c2)cc1OC(C)=O. The van der Waals surface area contributed by atoms with Crippen LogP contribution < -0.4 is 24.3 Å². The van der Waals surface area contributed by atoms with E-state index >= 15 is 0 Å². The van der Waals surface area contributed by atoms with Crippen molar-refractivity contribution in [3.05, 3.63) is 42.0 Å². The molecule has 39 heavy (non-hydrogen) atoms.